The fourth-order valence-corrected chi connectivity index (χ4v) is 3.30. The van der Waals surface area contributed by atoms with E-state index >= 15 is 0 Å². The number of aromatic nitrogens is 2. The number of nitrogens with one attached hydrogen (secondary N) is 2. The van der Waals surface area contributed by atoms with E-state index in [9.17, 15) is 9.59 Å². The number of hydrogen-bond acceptors (Lipinski definition) is 4. The van der Waals surface area contributed by atoms with Gasteiger partial charge in [0.15, 0.2) is 0 Å². The summed E-state index contributed by atoms with van der Waals surface area (Å²) in [5, 5.41) is 6.76. The summed E-state index contributed by atoms with van der Waals surface area (Å²) < 4.78 is 0. The zero-order chi connectivity index (χ0) is 21.1. The molecule has 2 aromatic carbocycles. The molecule has 4 rings (SSSR count). The lowest BCUT2D eigenvalue weighted by Crippen LogP contribution is -2.13. The van der Waals surface area contributed by atoms with Crippen LogP contribution < -0.4 is 10.6 Å². The first kappa shape index (κ1) is 19.5. The number of fused-ring (bicyclic) bond motifs is 1. The van der Waals surface area contributed by atoms with Crippen LogP contribution >= 0.6 is 11.6 Å². The van der Waals surface area contributed by atoms with E-state index in [-0.39, 0.29) is 11.8 Å². The second kappa shape index (κ2) is 8.31. The highest BCUT2D eigenvalue weighted by atomic mass is 35.5. The smallest absolute Gasteiger partial charge is 0.256 e. The Hall–Kier alpha value is -3.77. The lowest BCUT2D eigenvalue weighted by Gasteiger charge is -2.12. The summed E-state index contributed by atoms with van der Waals surface area (Å²) in [5.41, 5.74) is 3.77. The number of carbonyl (C=O) groups excluding carboxylic acids is 2. The molecule has 0 saturated carbocycles. The molecule has 0 bridgehead atoms. The SMILES string of the molecule is CC(=O)Nc1cccc(NC(=O)c2cc(-c3ccncc3)nc3ccc(Cl)cc23)c1. The molecule has 148 valence electrons. The van der Waals surface area contributed by atoms with Crippen LogP contribution in [-0.4, -0.2) is 21.8 Å². The highest BCUT2D eigenvalue weighted by Gasteiger charge is 2.15. The van der Waals surface area contributed by atoms with Crippen LogP contribution in [0.4, 0.5) is 11.4 Å². The fraction of sp³-hybridized carbons (Fsp3) is 0.0435. The largest absolute Gasteiger partial charge is 0.326 e. The van der Waals surface area contributed by atoms with Gasteiger partial charge in [0.05, 0.1) is 16.8 Å². The second-order valence-electron chi connectivity index (χ2n) is 6.67. The van der Waals surface area contributed by atoms with E-state index in [0.29, 0.717) is 38.6 Å². The van der Waals surface area contributed by atoms with Gasteiger partial charge in [-0.1, -0.05) is 17.7 Å². The van der Waals surface area contributed by atoms with Gasteiger partial charge >= 0.3 is 0 Å². The van der Waals surface area contributed by atoms with Gasteiger partial charge in [0, 0.05) is 46.7 Å². The quantitative estimate of drug-likeness (QED) is 0.481. The van der Waals surface area contributed by atoms with Crippen molar-refractivity contribution in [3.8, 4) is 11.3 Å². The van der Waals surface area contributed by atoms with E-state index < -0.39 is 0 Å². The molecule has 7 heteroatoms. The van der Waals surface area contributed by atoms with E-state index in [2.05, 4.69) is 20.6 Å². The maximum atomic E-state index is 13.2. The van der Waals surface area contributed by atoms with Crippen molar-refractivity contribution in [2.24, 2.45) is 0 Å². The molecule has 4 aromatic rings. The standard InChI is InChI=1S/C23H17ClN4O2/c1-14(29)26-17-3-2-4-18(12-17)27-23(30)20-13-22(15-7-9-25-10-8-15)28-21-6-5-16(24)11-19(20)21/h2-13H,1H3,(H,26,29)(H,27,30). The molecule has 0 aliphatic rings. The van der Waals surface area contributed by atoms with Gasteiger partial charge in [0.2, 0.25) is 5.91 Å². The topological polar surface area (TPSA) is 84.0 Å². The number of anilines is 2. The number of benzene rings is 2. The molecule has 6 nitrogen and oxygen atoms in total. The first-order chi connectivity index (χ1) is 14.5. The van der Waals surface area contributed by atoms with Crippen molar-refractivity contribution in [3.63, 3.8) is 0 Å². The summed E-state index contributed by atoms with van der Waals surface area (Å²) in [6.07, 6.45) is 3.35. The highest BCUT2D eigenvalue weighted by Crippen LogP contribution is 2.28. The zero-order valence-corrected chi connectivity index (χ0v) is 16.8. The molecule has 0 aliphatic heterocycles. The first-order valence-corrected chi connectivity index (χ1v) is 9.57. The van der Waals surface area contributed by atoms with Crippen molar-refractivity contribution < 1.29 is 9.59 Å². The molecule has 0 aliphatic carbocycles. The van der Waals surface area contributed by atoms with Gasteiger partial charge in [-0.25, -0.2) is 4.98 Å². The molecule has 0 fully saturated rings. The highest BCUT2D eigenvalue weighted by molar-refractivity contribution is 6.31. The van der Waals surface area contributed by atoms with Crippen LogP contribution in [0.3, 0.4) is 0 Å². The average molecular weight is 417 g/mol. The Balaban J connectivity index is 1.76. The van der Waals surface area contributed by atoms with Crippen LogP contribution in [0.15, 0.2) is 73.1 Å². The Kier molecular flexibility index (Phi) is 5.41. The predicted molar refractivity (Wildman–Crippen MR) is 119 cm³/mol. The van der Waals surface area contributed by atoms with Crippen LogP contribution in [0.2, 0.25) is 5.02 Å². The molecule has 0 atom stereocenters. The van der Waals surface area contributed by atoms with Crippen LogP contribution in [-0.2, 0) is 4.79 Å². The summed E-state index contributed by atoms with van der Waals surface area (Å²) in [6.45, 7) is 1.43. The third-order valence-corrected chi connectivity index (χ3v) is 4.67. The van der Waals surface area contributed by atoms with Gasteiger partial charge in [-0.05, 0) is 54.6 Å². The summed E-state index contributed by atoms with van der Waals surface area (Å²) in [5.74, 6) is -0.491. The number of carbonyl (C=O) groups is 2. The average Bonchev–Trinajstić information content (AvgIpc) is 2.73. The van der Waals surface area contributed by atoms with Gasteiger partial charge in [-0.15, -0.1) is 0 Å². The summed E-state index contributed by atoms with van der Waals surface area (Å²) in [4.78, 5) is 33.2. The molecular formula is C23H17ClN4O2. The number of nitrogens with zero attached hydrogens (tertiary/aromatic N) is 2. The van der Waals surface area contributed by atoms with Gasteiger partial charge in [0.1, 0.15) is 0 Å². The molecule has 2 amide bonds. The second-order valence-corrected chi connectivity index (χ2v) is 7.10. The normalized spacial score (nSPS) is 10.6. The molecule has 2 heterocycles. The number of rotatable bonds is 4. The van der Waals surface area contributed by atoms with Crippen molar-refractivity contribution in [2.45, 2.75) is 6.92 Å². The Morgan fingerprint density at radius 2 is 1.63 bits per heavy atom. The monoisotopic (exact) mass is 416 g/mol. The van der Waals surface area contributed by atoms with Crippen molar-refractivity contribution in [1.82, 2.24) is 9.97 Å². The van der Waals surface area contributed by atoms with Crippen molar-refractivity contribution >= 4 is 45.7 Å². The van der Waals surface area contributed by atoms with Crippen LogP contribution in [0.1, 0.15) is 17.3 Å². The molecular weight excluding hydrogens is 400 g/mol. The van der Waals surface area contributed by atoms with Crippen LogP contribution in [0, 0.1) is 0 Å². The van der Waals surface area contributed by atoms with Crippen molar-refractivity contribution in [3.05, 3.63) is 83.6 Å². The maximum Gasteiger partial charge on any atom is 0.256 e. The summed E-state index contributed by atoms with van der Waals surface area (Å²) in [7, 11) is 0. The maximum absolute atomic E-state index is 13.2. The molecule has 0 spiro atoms. The molecule has 0 radical (unpaired) electrons. The zero-order valence-electron chi connectivity index (χ0n) is 16.0. The number of hydrogen-bond donors (Lipinski definition) is 2. The van der Waals surface area contributed by atoms with Crippen LogP contribution in [0.25, 0.3) is 22.2 Å². The van der Waals surface area contributed by atoms with E-state index in [1.165, 1.54) is 6.92 Å². The minimum atomic E-state index is -0.306. The number of pyridine rings is 2. The van der Waals surface area contributed by atoms with E-state index in [4.69, 9.17) is 11.6 Å². The molecule has 0 unspecified atom stereocenters. The molecule has 30 heavy (non-hydrogen) atoms. The van der Waals surface area contributed by atoms with Gasteiger partial charge in [-0.3, -0.25) is 14.6 Å². The lowest BCUT2D eigenvalue weighted by molar-refractivity contribution is -0.114. The van der Waals surface area contributed by atoms with E-state index in [1.807, 2.05) is 12.1 Å². The Labute approximate surface area is 177 Å². The van der Waals surface area contributed by atoms with Crippen LogP contribution in [0.5, 0.6) is 0 Å². The fourth-order valence-electron chi connectivity index (χ4n) is 3.13. The minimum absolute atomic E-state index is 0.185. The van der Waals surface area contributed by atoms with Gasteiger partial charge in [0.25, 0.3) is 5.91 Å². The Morgan fingerprint density at radius 3 is 2.37 bits per heavy atom. The van der Waals surface area contributed by atoms with Gasteiger partial charge in [-0.2, -0.15) is 0 Å². The lowest BCUT2D eigenvalue weighted by atomic mass is 10.0. The molecule has 0 saturated heterocycles. The predicted octanol–water partition coefficient (Wildman–Crippen LogP) is 5.16. The molecule has 2 aromatic heterocycles. The molecule has 2 N–H and O–H groups in total. The third kappa shape index (κ3) is 4.29. The van der Waals surface area contributed by atoms with Crippen molar-refractivity contribution in [1.29, 1.82) is 0 Å². The van der Waals surface area contributed by atoms with Crippen molar-refractivity contribution in [2.75, 3.05) is 10.6 Å². The Morgan fingerprint density at radius 1 is 0.900 bits per heavy atom. The Bertz CT molecular complexity index is 1260. The van der Waals surface area contributed by atoms with E-state index in [0.717, 1.165) is 5.56 Å². The minimum Gasteiger partial charge on any atom is -0.326 e. The summed E-state index contributed by atoms with van der Waals surface area (Å²) in [6, 6.07) is 17.6. The number of amides is 2. The third-order valence-electron chi connectivity index (χ3n) is 4.43. The number of halogens is 1. The van der Waals surface area contributed by atoms with Gasteiger partial charge < -0.3 is 10.6 Å². The summed E-state index contributed by atoms with van der Waals surface area (Å²) >= 11 is 6.17. The van der Waals surface area contributed by atoms with E-state index in [1.54, 1.807) is 60.9 Å². The first-order valence-electron chi connectivity index (χ1n) is 9.19.